The molecule has 0 saturated carbocycles. The molecule has 1 amide bonds. The number of carbonyl (C=O) groups excluding carboxylic acids is 1. The van der Waals surface area contributed by atoms with Gasteiger partial charge >= 0.3 is 0 Å². The van der Waals surface area contributed by atoms with Crippen molar-refractivity contribution in [3.05, 3.63) is 126 Å². The maximum absolute atomic E-state index is 13.0. The molecule has 0 bridgehead atoms. The van der Waals surface area contributed by atoms with Crippen molar-refractivity contribution >= 4 is 22.5 Å². The van der Waals surface area contributed by atoms with Crippen LogP contribution >= 0.6 is 0 Å². The zero-order valence-electron chi connectivity index (χ0n) is 19.5. The van der Waals surface area contributed by atoms with E-state index in [2.05, 4.69) is 15.3 Å². The molecule has 5 aromatic rings. The van der Waals surface area contributed by atoms with Crippen molar-refractivity contribution in [2.75, 3.05) is 5.32 Å². The first-order chi connectivity index (χ1) is 17.6. The highest BCUT2D eigenvalue weighted by Crippen LogP contribution is 2.28. The fourth-order valence-corrected chi connectivity index (χ4v) is 4.11. The standard InChI is InChI=1S/C30H25N3O3/c34-19-20-10-14-23(15-11-20)26-18-31-30(28(32-26)29(36)24-7-2-1-3-8-24)33-27(35)17-21-12-13-22-6-4-5-9-25(22)16-21/h1-16,18,29,34,36H,17,19H2,(H,31,33,35). The number of benzene rings is 4. The lowest BCUT2D eigenvalue weighted by molar-refractivity contribution is -0.115. The number of anilines is 1. The van der Waals surface area contributed by atoms with Gasteiger partial charge in [-0.15, -0.1) is 0 Å². The summed E-state index contributed by atoms with van der Waals surface area (Å²) < 4.78 is 0. The number of rotatable bonds is 7. The number of aromatic nitrogens is 2. The summed E-state index contributed by atoms with van der Waals surface area (Å²) in [6.45, 7) is -0.0495. The van der Waals surface area contributed by atoms with E-state index in [9.17, 15) is 15.0 Å². The average molecular weight is 476 g/mol. The van der Waals surface area contributed by atoms with Gasteiger partial charge < -0.3 is 15.5 Å². The summed E-state index contributed by atoms with van der Waals surface area (Å²) in [5.41, 5.74) is 3.91. The van der Waals surface area contributed by atoms with E-state index in [0.717, 1.165) is 27.5 Å². The number of nitrogens with zero attached hydrogens (tertiary/aromatic N) is 2. The number of carbonyl (C=O) groups is 1. The van der Waals surface area contributed by atoms with Crippen LogP contribution in [0, 0.1) is 0 Å². The molecule has 1 heterocycles. The van der Waals surface area contributed by atoms with Crippen LogP contribution < -0.4 is 5.32 Å². The molecule has 0 aliphatic rings. The molecule has 36 heavy (non-hydrogen) atoms. The molecular weight excluding hydrogens is 450 g/mol. The van der Waals surface area contributed by atoms with Crippen molar-refractivity contribution in [3.8, 4) is 11.3 Å². The molecule has 0 aliphatic heterocycles. The topological polar surface area (TPSA) is 95.3 Å². The van der Waals surface area contributed by atoms with Crippen molar-refractivity contribution in [3.63, 3.8) is 0 Å². The van der Waals surface area contributed by atoms with Crippen molar-refractivity contribution in [2.45, 2.75) is 19.1 Å². The van der Waals surface area contributed by atoms with Gasteiger partial charge in [-0.2, -0.15) is 0 Å². The van der Waals surface area contributed by atoms with Gasteiger partial charge in [0.05, 0.1) is 24.9 Å². The first-order valence-corrected chi connectivity index (χ1v) is 11.7. The fourth-order valence-electron chi connectivity index (χ4n) is 4.11. The monoisotopic (exact) mass is 475 g/mol. The van der Waals surface area contributed by atoms with Crippen LogP contribution in [-0.2, 0) is 17.8 Å². The molecule has 3 N–H and O–H groups in total. The van der Waals surface area contributed by atoms with E-state index >= 15 is 0 Å². The zero-order valence-corrected chi connectivity index (χ0v) is 19.5. The Morgan fingerprint density at radius 2 is 1.53 bits per heavy atom. The first-order valence-electron chi connectivity index (χ1n) is 11.7. The molecule has 1 unspecified atom stereocenters. The van der Waals surface area contributed by atoms with Crippen molar-refractivity contribution < 1.29 is 15.0 Å². The van der Waals surface area contributed by atoms with Crippen LogP contribution in [0.2, 0.25) is 0 Å². The summed E-state index contributed by atoms with van der Waals surface area (Å²) in [7, 11) is 0. The molecule has 4 aromatic carbocycles. The largest absolute Gasteiger partial charge is 0.392 e. The van der Waals surface area contributed by atoms with E-state index in [1.54, 1.807) is 18.3 Å². The summed E-state index contributed by atoms with van der Waals surface area (Å²) in [6.07, 6.45) is 0.657. The number of fused-ring (bicyclic) bond motifs is 1. The number of amides is 1. The molecule has 0 fully saturated rings. The van der Waals surface area contributed by atoms with Crippen LogP contribution in [0.3, 0.4) is 0 Å². The smallest absolute Gasteiger partial charge is 0.229 e. The van der Waals surface area contributed by atoms with Gasteiger partial charge in [0.25, 0.3) is 0 Å². The highest BCUT2D eigenvalue weighted by Gasteiger charge is 2.20. The van der Waals surface area contributed by atoms with E-state index in [-0.39, 0.29) is 30.4 Å². The molecule has 1 aromatic heterocycles. The molecule has 0 radical (unpaired) electrons. The maximum Gasteiger partial charge on any atom is 0.229 e. The minimum Gasteiger partial charge on any atom is -0.392 e. The molecule has 0 aliphatic carbocycles. The Morgan fingerprint density at radius 3 is 2.28 bits per heavy atom. The summed E-state index contributed by atoms with van der Waals surface area (Å²) >= 11 is 0. The predicted octanol–water partition coefficient (Wildman–Crippen LogP) is 5.05. The second-order valence-corrected chi connectivity index (χ2v) is 8.56. The van der Waals surface area contributed by atoms with Gasteiger partial charge in [0.2, 0.25) is 5.91 Å². The minimum atomic E-state index is -1.08. The first kappa shape index (κ1) is 23.4. The third-order valence-electron chi connectivity index (χ3n) is 6.04. The van der Waals surface area contributed by atoms with Crippen LogP contribution in [0.5, 0.6) is 0 Å². The Labute approximate surface area is 208 Å². The highest BCUT2D eigenvalue weighted by molar-refractivity contribution is 5.93. The molecule has 178 valence electrons. The number of nitrogens with one attached hydrogen (secondary N) is 1. The quantitative estimate of drug-likeness (QED) is 0.306. The van der Waals surface area contributed by atoms with Crippen LogP contribution in [0.4, 0.5) is 5.82 Å². The third kappa shape index (κ3) is 5.15. The molecule has 6 nitrogen and oxygen atoms in total. The number of hydrogen-bond acceptors (Lipinski definition) is 5. The van der Waals surface area contributed by atoms with Crippen molar-refractivity contribution in [1.82, 2.24) is 9.97 Å². The van der Waals surface area contributed by atoms with Gasteiger partial charge in [0.1, 0.15) is 11.8 Å². The van der Waals surface area contributed by atoms with Crippen LogP contribution in [0.25, 0.3) is 22.0 Å². The van der Waals surface area contributed by atoms with Crippen LogP contribution in [0.15, 0.2) is 103 Å². The van der Waals surface area contributed by atoms with Crippen LogP contribution in [0.1, 0.15) is 28.5 Å². The minimum absolute atomic E-state index is 0.0495. The van der Waals surface area contributed by atoms with Crippen molar-refractivity contribution in [2.24, 2.45) is 0 Å². The van der Waals surface area contributed by atoms with Gasteiger partial charge in [0.15, 0.2) is 5.82 Å². The summed E-state index contributed by atoms with van der Waals surface area (Å²) in [4.78, 5) is 22.1. The molecule has 5 rings (SSSR count). The van der Waals surface area contributed by atoms with Gasteiger partial charge in [-0.1, -0.05) is 97.1 Å². The lowest BCUT2D eigenvalue weighted by Gasteiger charge is -2.16. The van der Waals surface area contributed by atoms with E-state index < -0.39 is 6.10 Å². The number of aliphatic hydroxyl groups excluding tert-OH is 2. The number of aliphatic hydroxyl groups is 2. The number of hydrogen-bond donors (Lipinski definition) is 3. The lowest BCUT2D eigenvalue weighted by atomic mass is 10.0. The van der Waals surface area contributed by atoms with Crippen molar-refractivity contribution in [1.29, 1.82) is 0 Å². The summed E-state index contributed by atoms with van der Waals surface area (Å²) in [5, 5.41) is 25.5. The Hall–Kier alpha value is -4.39. The Balaban J connectivity index is 1.45. The van der Waals surface area contributed by atoms with Gasteiger partial charge in [0, 0.05) is 5.56 Å². The molecule has 1 atom stereocenters. The van der Waals surface area contributed by atoms with Gasteiger partial charge in [-0.25, -0.2) is 9.97 Å². The second-order valence-electron chi connectivity index (χ2n) is 8.56. The summed E-state index contributed by atoms with van der Waals surface area (Å²) in [5.74, 6) is -0.0333. The lowest BCUT2D eigenvalue weighted by Crippen LogP contribution is -2.19. The van der Waals surface area contributed by atoms with E-state index in [1.807, 2.05) is 84.9 Å². The van der Waals surface area contributed by atoms with E-state index in [1.165, 1.54) is 0 Å². The average Bonchev–Trinajstić information content (AvgIpc) is 2.93. The van der Waals surface area contributed by atoms with E-state index in [4.69, 9.17) is 0 Å². The Morgan fingerprint density at radius 1 is 0.833 bits per heavy atom. The molecule has 0 saturated heterocycles. The fraction of sp³-hybridized carbons (Fsp3) is 0.100. The molecule has 6 heteroatoms. The van der Waals surface area contributed by atoms with Gasteiger partial charge in [-0.3, -0.25) is 4.79 Å². The van der Waals surface area contributed by atoms with Crippen LogP contribution in [-0.4, -0.2) is 26.1 Å². The van der Waals surface area contributed by atoms with E-state index in [0.29, 0.717) is 11.3 Å². The zero-order chi connectivity index (χ0) is 24.9. The summed E-state index contributed by atoms with van der Waals surface area (Å²) in [6, 6.07) is 30.4. The molecule has 0 spiro atoms. The predicted molar refractivity (Wildman–Crippen MR) is 140 cm³/mol. The third-order valence-corrected chi connectivity index (χ3v) is 6.04. The normalized spacial score (nSPS) is 11.8. The SMILES string of the molecule is O=C(Cc1ccc2ccccc2c1)Nc1ncc(-c2ccc(CO)cc2)nc1C(O)c1ccccc1. The Bertz CT molecular complexity index is 1500. The van der Waals surface area contributed by atoms with Gasteiger partial charge in [-0.05, 0) is 27.5 Å². The Kier molecular flexibility index (Phi) is 6.80. The molecular formula is C30H25N3O3. The maximum atomic E-state index is 13.0. The second kappa shape index (κ2) is 10.5. The highest BCUT2D eigenvalue weighted by atomic mass is 16.3.